The van der Waals surface area contributed by atoms with Gasteiger partial charge < -0.3 is 18.9 Å². The second-order valence-electron chi connectivity index (χ2n) is 12.1. The molecule has 1 fully saturated rings. The second-order valence-corrected chi connectivity index (χ2v) is 12.1. The third-order valence-corrected chi connectivity index (χ3v) is 8.88. The van der Waals surface area contributed by atoms with Crippen molar-refractivity contribution in [3.05, 3.63) is 144 Å². The molecule has 0 bridgehead atoms. The standard InChI is InChI=1S/C40H49NO4/c1-3-32(4-2)25-41-26-38(43-28-34-19-11-6-12-20-34)40(45-30-36-23-15-8-16-24-36)39(44-29-35-21-13-7-14-22-35)37(41)31-42-27-33-17-9-5-10-18-33/h5-24,32,37-40H,3-4,25-31H2,1-2H3. The van der Waals surface area contributed by atoms with E-state index in [9.17, 15) is 0 Å². The van der Waals surface area contributed by atoms with Gasteiger partial charge in [-0.3, -0.25) is 4.90 Å². The summed E-state index contributed by atoms with van der Waals surface area (Å²) in [6, 6.07) is 41.6. The summed E-state index contributed by atoms with van der Waals surface area (Å²) in [5, 5.41) is 0. The molecule has 4 unspecified atom stereocenters. The van der Waals surface area contributed by atoms with Crippen molar-refractivity contribution < 1.29 is 18.9 Å². The Kier molecular flexibility index (Phi) is 13.2. The van der Waals surface area contributed by atoms with Gasteiger partial charge in [-0.1, -0.05) is 148 Å². The van der Waals surface area contributed by atoms with Gasteiger partial charge in [-0.05, 0) is 28.2 Å². The molecule has 0 aromatic heterocycles. The van der Waals surface area contributed by atoms with Crippen LogP contribution in [-0.2, 0) is 45.4 Å². The van der Waals surface area contributed by atoms with Gasteiger partial charge in [0.15, 0.2) is 0 Å². The Morgan fingerprint density at radius 2 is 0.978 bits per heavy atom. The molecule has 4 atom stereocenters. The van der Waals surface area contributed by atoms with E-state index in [4.69, 9.17) is 18.9 Å². The maximum Gasteiger partial charge on any atom is 0.113 e. The van der Waals surface area contributed by atoms with Crippen molar-refractivity contribution in [2.24, 2.45) is 5.92 Å². The lowest BCUT2D eigenvalue weighted by molar-refractivity contribution is -0.212. The molecule has 0 aliphatic carbocycles. The lowest BCUT2D eigenvalue weighted by Gasteiger charge is -2.49. The minimum absolute atomic E-state index is 0.00960. The summed E-state index contributed by atoms with van der Waals surface area (Å²) >= 11 is 0. The molecule has 1 heterocycles. The normalized spacial score (nSPS) is 20.4. The number of benzene rings is 4. The molecular weight excluding hydrogens is 558 g/mol. The smallest absolute Gasteiger partial charge is 0.113 e. The molecule has 0 amide bonds. The number of rotatable bonds is 17. The number of piperidine rings is 1. The predicted molar refractivity (Wildman–Crippen MR) is 181 cm³/mol. The highest BCUT2D eigenvalue weighted by molar-refractivity contribution is 5.16. The Morgan fingerprint density at radius 1 is 0.556 bits per heavy atom. The van der Waals surface area contributed by atoms with Crippen molar-refractivity contribution >= 4 is 0 Å². The van der Waals surface area contributed by atoms with Crippen molar-refractivity contribution in [1.29, 1.82) is 0 Å². The minimum Gasteiger partial charge on any atom is -0.375 e. The van der Waals surface area contributed by atoms with Crippen molar-refractivity contribution in [3.8, 4) is 0 Å². The van der Waals surface area contributed by atoms with Gasteiger partial charge in [-0.15, -0.1) is 0 Å². The van der Waals surface area contributed by atoms with Crippen molar-refractivity contribution in [3.63, 3.8) is 0 Å². The van der Waals surface area contributed by atoms with Crippen LogP contribution in [-0.4, -0.2) is 49.0 Å². The molecule has 5 nitrogen and oxygen atoms in total. The van der Waals surface area contributed by atoms with Crippen LogP contribution in [0.15, 0.2) is 121 Å². The highest BCUT2D eigenvalue weighted by atomic mass is 16.6. The predicted octanol–water partition coefficient (Wildman–Crippen LogP) is 8.08. The van der Waals surface area contributed by atoms with E-state index in [1.807, 2.05) is 24.3 Å². The lowest BCUT2D eigenvalue weighted by atomic mass is 9.91. The van der Waals surface area contributed by atoms with Crippen LogP contribution < -0.4 is 0 Å². The fraction of sp³-hybridized carbons (Fsp3) is 0.400. The van der Waals surface area contributed by atoms with Crippen molar-refractivity contribution in [2.45, 2.75) is 77.5 Å². The van der Waals surface area contributed by atoms with Gasteiger partial charge in [-0.2, -0.15) is 0 Å². The maximum atomic E-state index is 6.92. The van der Waals surface area contributed by atoms with Crippen LogP contribution in [0, 0.1) is 5.92 Å². The monoisotopic (exact) mass is 607 g/mol. The van der Waals surface area contributed by atoms with Gasteiger partial charge in [0.1, 0.15) is 12.2 Å². The summed E-state index contributed by atoms with van der Waals surface area (Å²) in [5.74, 6) is 0.577. The molecule has 0 saturated carbocycles. The molecule has 0 N–H and O–H groups in total. The van der Waals surface area contributed by atoms with E-state index in [1.165, 1.54) is 5.56 Å². The SMILES string of the molecule is CCC(CC)CN1CC(OCc2ccccc2)C(OCc2ccccc2)C(OCc2ccccc2)C1COCc1ccccc1. The lowest BCUT2D eigenvalue weighted by Crippen LogP contribution is -2.65. The first-order valence-corrected chi connectivity index (χ1v) is 16.6. The molecule has 238 valence electrons. The first-order chi connectivity index (χ1) is 22.2. The molecule has 4 aromatic carbocycles. The Labute approximate surface area is 270 Å². The Bertz CT molecular complexity index is 1330. The van der Waals surface area contributed by atoms with Gasteiger partial charge in [0.25, 0.3) is 0 Å². The first kappa shape index (κ1) is 33.1. The summed E-state index contributed by atoms with van der Waals surface area (Å²) in [4.78, 5) is 2.57. The number of ether oxygens (including phenoxy) is 4. The summed E-state index contributed by atoms with van der Waals surface area (Å²) in [6.45, 7) is 8.92. The van der Waals surface area contributed by atoms with E-state index in [1.54, 1.807) is 0 Å². The van der Waals surface area contributed by atoms with Crippen LogP contribution in [0.3, 0.4) is 0 Å². The number of nitrogens with zero attached hydrogens (tertiary/aromatic N) is 1. The quantitative estimate of drug-likeness (QED) is 0.121. The van der Waals surface area contributed by atoms with E-state index >= 15 is 0 Å². The average molecular weight is 608 g/mol. The zero-order valence-corrected chi connectivity index (χ0v) is 26.9. The molecule has 0 spiro atoms. The summed E-state index contributed by atoms with van der Waals surface area (Å²) in [7, 11) is 0. The molecule has 1 aliphatic heterocycles. The third kappa shape index (κ3) is 10.1. The fourth-order valence-corrected chi connectivity index (χ4v) is 6.14. The summed E-state index contributed by atoms with van der Waals surface area (Å²) in [6.07, 6.45) is 1.55. The highest BCUT2D eigenvalue weighted by Gasteiger charge is 2.46. The molecule has 1 aliphatic rings. The number of hydrogen-bond donors (Lipinski definition) is 0. The van der Waals surface area contributed by atoms with Gasteiger partial charge in [0.05, 0.1) is 45.2 Å². The largest absolute Gasteiger partial charge is 0.375 e. The van der Waals surface area contributed by atoms with Gasteiger partial charge >= 0.3 is 0 Å². The zero-order chi connectivity index (χ0) is 31.1. The molecular formula is C40H49NO4. The van der Waals surface area contributed by atoms with Crippen LogP contribution in [0.2, 0.25) is 0 Å². The first-order valence-electron chi connectivity index (χ1n) is 16.6. The highest BCUT2D eigenvalue weighted by Crippen LogP contribution is 2.30. The molecule has 4 aromatic rings. The Balaban J connectivity index is 1.44. The van der Waals surface area contributed by atoms with Crippen molar-refractivity contribution in [1.82, 2.24) is 4.90 Å². The Hall–Kier alpha value is -3.32. The number of likely N-dealkylation sites (tertiary alicyclic amines) is 1. The van der Waals surface area contributed by atoms with Crippen LogP contribution in [0.4, 0.5) is 0 Å². The molecule has 5 heteroatoms. The van der Waals surface area contributed by atoms with E-state index in [0.29, 0.717) is 39.0 Å². The van der Waals surface area contributed by atoms with E-state index < -0.39 is 0 Å². The third-order valence-electron chi connectivity index (χ3n) is 8.88. The van der Waals surface area contributed by atoms with Crippen LogP contribution in [0.25, 0.3) is 0 Å². The van der Waals surface area contributed by atoms with Crippen LogP contribution in [0.5, 0.6) is 0 Å². The van der Waals surface area contributed by atoms with E-state index in [-0.39, 0.29) is 24.4 Å². The van der Waals surface area contributed by atoms with E-state index in [2.05, 4.69) is 116 Å². The maximum absolute atomic E-state index is 6.92. The topological polar surface area (TPSA) is 40.2 Å². The summed E-state index contributed by atoms with van der Waals surface area (Å²) in [5.41, 5.74) is 4.60. The van der Waals surface area contributed by atoms with Crippen LogP contribution in [0.1, 0.15) is 48.9 Å². The fourth-order valence-electron chi connectivity index (χ4n) is 6.14. The summed E-state index contributed by atoms with van der Waals surface area (Å²) < 4.78 is 27.0. The Morgan fingerprint density at radius 3 is 1.44 bits per heavy atom. The average Bonchev–Trinajstić information content (AvgIpc) is 3.10. The van der Waals surface area contributed by atoms with Crippen molar-refractivity contribution in [2.75, 3.05) is 19.7 Å². The van der Waals surface area contributed by atoms with Gasteiger partial charge in [0.2, 0.25) is 0 Å². The van der Waals surface area contributed by atoms with E-state index in [0.717, 1.165) is 42.6 Å². The second kappa shape index (κ2) is 18.0. The van der Waals surface area contributed by atoms with Gasteiger partial charge in [0, 0.05) is 13.1 Å². The minimum atomic E-state index is -0.277. The molecule has 5 rings (SSSR count). The number of hydrogen-bond acceptors (Lipinski definition) is 5. The molecule has 1 saturated heterocycles. The molecule has 45 heavy (non-hydrogen) atoms. The zero-order valence-electron chi connectivity index (χ0n) is 26.9. The van der Waals surface area contributed by atoms with Crippen LogP contribution >= 0.6 is 0 Å². The van der Waals surface area contributed by atoms with Gasteiger partial charge in [-0.25, -0.2) is 0 Å². The molecule has 0 radical (unpaired) electrons.